The maximum atomic E-state index is 10.2. The summed E-state index contributed by atoms with van der Waals surface area (Å²) in [4.78, 5) is 0. The van der Waals surface area contributed by atoms with Gasteiger partial charge in [-0.1, -0.05) is 23.7 Å². The second-order valence-electron chi connectivity index (χ2n) is 5.57. The van der Waals surface area contributed by atoms with Gasteiger partial charge < -0.3 is 14.4 Å². The molecular weight excluding hydrogens is 298 g/mol. The molecular formula is C18H18ClNO2. The molecule has 1 N–H and O–H groups in total. The summed E-state index contributed by atoms with van der Waals surface area (Å²) < 4.78 is 7.96. The largest absolute Gasteiger partial charge is 0.507 e. The smallest absolute Gasteiger partial charge is 0.125 e. The molecule has 0 unspecified atom stereocenters. The van der Waals surface area contributed by atoms with Gasteiger partial charge in [0, 0.05) is 28.2 Å². The Bertz CT molecular complexity index is 808. The van der Waals surface area contributed by atoms with Crippen molar-refractivity contribution in [1.29, 1.82) is 0 Å². The van der Waals surface area contributed by atoms with Gasteiger partial charge in [0.25, 0.3) is 0 Å². The Labute approximate surface area is 134 Å². The minimum Gasteiger partial charge on any atom is -0.507 e. The van der Waals surface area contributed by atoms with E-state index in [1.165, 1.54) is 0 Å². The van der Waals surface area contributed by atoms with Gasteiger partial charge in [-0.25, -0.2) is 0 Å². The predicted molar refractivity (Wildman–Crippen MR) is 89.8 cm³/mol. The molecule has 1 aromatic heterocycles. The molecule has 0 amide bonds. The van der Waals surface area contributed by atoms with E-state index in [2.05, 4.69) is 18.4 Å². The molecule has 0 fully saturated rings. The number of hydrogen-bond acceptors (Lipinski definition) is 2. The summed E-state index contributed by atoms with van der Waals surface area (Å²) in [5, 5.41) is 11.7. The number of rotatable bonds is 4. The van der Waals surface area contributed by atoms with Crippen molar-refractivity contribution >= 4 is 22.5 Å². The lowest BCUT2D eigenvalue weighted by atomic mass is 10.1. The molecule has 4 heteroatoms. The molecule has 0 spiro atoms. The molecule has 0 saturated carbocycles. The number of ether oxygens (including phenoxy) is 1. The minimum atomic E-state index is 0.279. The van der Waals surface area contributed by atoms with Crippen molar-refractivity contribution in [2.45, 2.75) is 26.5 Å². The number of halogens is 1. The Kier molecular flexibility index (Phi) is 3.99. The van der Waals surface area contributed by atoms with Gasteiger partial charge in [-0.2, -0.15) is 0 Å². The average molecular weight is 316 g/mol. The third kappa shape index (κ3) is 2.77. The number of hydrogen-bond donors (Lipinski definition) is 1. The zero-order valence-corrected chi connectivity index (χ0v) is 13.3. The summed E-state index contributed by atoms with van der Waals surface area (Å²) in [6.07, 6.45) is 2.04. The Morgan fingerprint density at radius 2 is 1.95 bits per heavy atom. The first-order valence-corrected chi connectivity index (χ1v) is 7.64. The lowest BCUT2D eigenvalue weighted by Crippen LogP contribution is -1.98. The third-order valence-electron chi connectivity index (χ3n) is 3.66. The molecule has 3 aromatic rings. The second kappa shape index (κ2) is 5.93. The highest BCUT2D eigenvalue weighted by Crippen LogP contribution is 2.32. The van der Waals surface area contributed by atoms with E-state index in [0.717, 1.165) is 16.5 Å². The fraction of sp³-hybridized carbons (Fsp3) is 0.222. The fourth-order valence-electron chi connectivity index (χ4n) is 2.63. The highest BCUT2D eigenvalue weighted by molar-refractivity contribution is 6.30. The first kappa shape index (κ1) is 14.8. The zero-order valence-electron chi connectivity index (χ0n) is 12.6. The topological polar surface area (TPSA) is 34.4 Å². The molecule has 0 saturated heterocycles. The van der Waals surface area contributed by atoms with Crippen molar-refractivity contribution in [3.63, 3.8) is 0 Å². The maximum Gasteiger partial charge on any atom is 0.125 e. The summed E-state index contributed by atoms with van der Waals surface area (Å²) in [6, 6.07) is 13.2. The summed E-state index contributed by atoms with van der Waals surface area (Å²) in [5.74, 6) is 0.995. The second-order valence-corrected chi connectivity index (χ2v) is 6.01. The van der Waals surface area contributed by atoms with E-state index in [-0.39, 0.29) is 5.75 Å². The molecule has 114 valence electrons. The molecule has 1 heterocycles. The van der Waals surface area contributed by atoms with Crippen LogP contribution >= 0.6 is 11.6 Å². The van der Waals surface area contributed by atoms with Crippen molar-refractivity contribution in [2.75, 3.05) is 0 Å². The Morgan fingerprint density at radius 1 is 1.18 bits per heavy atom. The summed E-state index contributed by atoms with van der Waals surface area (Å²) >= 11 is 5.97. The predicted octanol–water partition coefficient (Wildman–Crippen LogP) is 5.16. The van der Waals surface area contributed by atoms with Crippen LogP contribution in [0.5, 0.6) is 11.5 Å². The fourth-order valence-corrected chi connectivity index (χ4v) is 2.81. The van der Waals surface area contributed by atoms with Crippen molar-refractivity contribution in [3.8, 4) is 11.5 Å². The van der Waals surface area contributed by atoms with E-state index in [4.69, 9.17) is 16.3 Å². The van der Waals surface area contributed by atoms with E-state index in [1.807, 2.05) is 36.5 Å². The quantitative estimate of drug-likeness (QED) is 0.721. The van der Waals surface area contributed by atoms with Crippen LogP contribution in [-0.2, 0) is 6.61 Å². The lowest BCUT2D eigenvalue weighted by Gasteiger charge is -2.08. The summed E-state index contributed by atoms with van der Waals surface area (Å²) in [5.41, 5.74) is 1.97. The van der Waals surface area contributed by atoms with Crippen LogP contribution in [0.3, 0.4) is 0 Å². The molecule has 0 aliphatic heterocycles. The van der Waals surface area contributed by atoms with Crippen LogP contribution < -0.4 is 4.74 Å². The highest BCUT2D eigenvalue weighted by Gasteiger charge is 2.14. The van der Waals surface area contributed by atoms with Crippen LogP contribution in [0.15, 0.2) is 48.7 Å². The Morgan fingerprint density at radius 3 is 2.68 bits per heavy atom. The van der Waals surface area contributed by atoms with Gasteiger partial charge in [-0.05, 0) is 44.2 Å². The van der Waals surface area contributed by atoms with E-state index < -0.39 is 0 Å². The first-order valence-electron chi connectivity index (χ1n) is 7.26. The van der Waals surface area contributed by atoms with Crippen LogP contribution in [-0.4, -0.2) is 9.67 Å². The average Bonchev–Trinajstić information content (AvgIpc) is 2.86. The van der Waals surface area contributed by atoms with Gasteiger partial charge in [-0.3, -0.25) is 0 Å². The number of phenols is 1. The molecule has 0 radical (unpaired) electrons. The normalized spacial score (nSPS) is 11.3. The standard InChI is InChI=1S/C18H18ClNO2/c1-12(2)20-10-13(18-16(20)7-4-8-17(18)21)11-22-15-6-3-5-14(19)9-15/h3-10,12,21H,11H2,1-2H3. The van der Waals surface area contributed by atoms with E-state index in [0.29, 0.717) is 23.4 Å². The number of aromatic nitrogens is 1. The van der Waals surface area contributed by atoms with Gasteiger partial charge in [0.2, 0.25) is 0 Å². The molecule has 3 nitrogen and oxygen atoms in total. The van der Waals surface area contributed by atoms with Crippen LogP contribution in [0.2, 0.25) is 5.02 Å². The maximum absolute atomic E-state index is 10.2. The Balaban J connectivity index is 1.96. The van der Waals surface area contributed by atoms with Crippen LogP contribution in [0, 0.1) is 0 Å². The molecule has 0 atom stereocenters. The van der Waals surface area contributed by atoms with E-state index in [9.17, 15) is 5.11 Å². The Hall–Kier alpha value is -2.13. The van der Waals surface area contributed by atoms with Gasteiger partial charge in [-0.15, -0.1) is 0 Å². The van der Waals surface area contributed by atoms with Crippen LogP contribution in [0.1, 0.15) is 25.5 Å². The molecule has 0 bridgehead atoms. The first-order chi connectivity index (χ1) is 10.6. The van der Waals surface area contributed by atoms with Crippen molar-refractivity contribution in [3.05, 3.63) is 59.2 Å². The highest BCUT2D eigenvalue weighted by atomic mass is 35.5. The lowest BCUT2D eigenvalue weighted by molar-refractivity contribution is 0.307. The van der Waals surface area contributed by atoms with E-state index in [1.54, 1.807) is 12.1 Å². The van der Waals surface area contributed by atoms with Gasteiger partial charge in [0.05, 0.1) is 5.52 Å². The van der Waals surface area contributed by atoms with Gasteiger partial charge in [0.1, 0.15) is 18.1 Å². The number of fused-ring (bicyclic) bond motifs is 1. The monoisotopic (exact) mass is 315 g/mol. The SMILES string of the molecule is CC(C)n1cc(COc2cccc(Cl)c2)c2c(O)cccc21. The van der Waals surface area contributed by atoms with Crippen molar-refractivity contribution in [1.82, 2.24) is 4.57 Å². The van der Waals surface area contributed by atoms with Gasteiger partial charge in [0.15, 0.2) is 0 Å². The summed E-state index contributed by atoms with van der Waals surface area (Å²) in [7, 11) is 0. The number of benzene rings is 2. The van der Waals surface area contributed by atoms with Crippen LogP contribution in [0.25, 0.3) is 10.9 Å². The van der Waals surface area contributed by atoms with Gasteiger partial charge >= 0.3 is 0 Å². The van der Waals surface area contributed by atoms with Crippen LogP contribution in [0.4, 0.5) is 0 Å². The van der Waals surface area contributed by atoms with Crippen molar-refractivity contribution in [2.24, 2.45) is 0 Å². The number of phenolic OH excluding ortho intramolecular Hbond substituents is 1. The molecule has 2 aromatic carbocycles. The number of aromatic hydroxyl groups is 1. The third-order valence-corrected chi connectivity index (χ3v) is 3.90. The zero-order chi connectivity index (χ0) is 15.7. The minimum absolute atomic E-state index is 0.279. The molecule has 0 aliphatic carbocycles. The molecule has 3 rings (SSSR count). The summed E-state index contributed by atoms with van der Waals surface area (Å²) in [6.45, 7) is 4.62. The number of nitrogens with zero attached hydrogens (tertiary/aromatic N) is 1. The van der Waals surface area contributed by atoms with Crippen molar-refractivity contribution < 1.29 is 9.84 Å². The van der Waals surface area contributed by atoms with E-state index >= 15 is 0 Å². The molecule has 0 aliphatic rings. The molecule has 22 heavy (non-hydrogen) atoms.